The highest BCUT2D eigenvalue weighted by atomic mass is 31.1. The average molecular weight is 350 g/mol. The van der Waals surface area contributed by atoms with Crippen molar-refractivity contribution in [1.82, 2.24) is 0 Å². The summed E-state index contributed by atoms with van der Waals surface area (Å²) in [5.41, 5.74) is 0.607. The first-order chi connectivity index (χ1) is 12.2. The number of methoxy groups -OCH3 is 2. The third-order valence-electron chi connectivity index (χ3n) is 3.90. The fourth-order valence-corrected chi connectivity index (χ4v) is 5.10. The first kappa shape index (κ1) is 17.2. The maximum atomic E-state index is 12.3. The summed E-state index contributed by atoms with van der Waals surface area (Å²) in [6.07, 6.45) is 0. The predicted molar refractivity (Wildman–Crippen MR) is 103 cm³/mol. The molecule has 3 aromatic rings. The molecule has 25 heavy (non-hydrogen) atoms. The molecule has 0 radical (unpaired) electrons. The molecule has 1 atom stereocenters. The third-order valence-corrected chi connectivity index (χ3v) is 6.40. The van der Waals surface area contributed by atoms with Crippen LogP contribution in [0.3, 0.4) is 0 Å². The van der Waals surface area contributed by atoms with Crippen molar-refractivity contribution in [2.75, 3.05) is 14.2 Å². The summed E-state index contributed by atoms with van der Waals surface area (Å²) in [5.74, 6) is 0.501. The Balaban J connectivity index is 2.17. The molecule has 0 saturated heterocycles. The molecule has 0 fully saturated rings. The summed E-state index contributed by atoms with van der Waals surface area (Å²) in [6.45, 7) is 0. The number of carbonyl (C=O) groups excluding carboxylic acids is 1. The van der Waals surface area contributed by atoms with Crippen LogP contribution in [0.4, 0.5) is 0 Å². The van der Waals surface area contributed by atoms with Crippen molar-refractivity contribution in [3.63, 3.8) is 0 Å². The number of hydrogen-bond acceptors (Lipinski definition) is 3. The van der Waals surface area contributed by atoms with E-state index in [0.717, 1.165) is 16.4 Å². The minimum atomic E-state index is -0.879. The van der Waals surface area contributed by atoms with Gasteiger partial charge in [-0.25, -0.2) is 4.79 Å². The second-order valence-electron chi connectivity index (χ2n) is 5.38. The lowest BCUT2D eigenvalue weighted by Crippen LogP contribution is -2.25. The second-order valence-corrected chi connectivity index (χ2v) is 7.56. The van der Waals surface area contributed by atoms with Gasteiger partial charge in [0.25, 0.3) is 0 Å². The Morgan fingerprint density at radius 1 is 0.760 bits per heavy atom. The van der Waals surface area contributed by atoms with E-state index >= 15 is 0 Å². The van der Waals surface area contributed by atoms with Crippen LogP contribution < -0.4 is 20.7 Å². The van der Waals surface area contributed by atoms with E-state index in [9.17, 15) is 4.79 Å². The van der Waals surface area contributed by atoms with Crippen LogP contribution in [-0.2, 0) is 4.74 Å². The topological polar surface area (TPSA) is 35.5 Å². The Kier molecular flexibility index (Phi) is 5.47. The average Bonchev–Trinajstić information content (AvgIpc) is 2.69. The van der Waals surface area contributed by atoms with Crippen LogP contribution in [0, 0.1) is 0 Å². The number of carbonyl (C=O) groups is 1. The summed E-state index contributed by atoms with van der Waals surface area (Å²) >= 11 is 0. The smallest absolute Gasteiger partial charge is 0.338 e. The molecule has 0 N–H and O–H groups in total. The largest absolute Gasteiger partial charge is 0.497 e. The zero-order valence-corrected chi connectivity index (χ0v) is 15.1. The molecule has 0 aliphatic carbocycles. The summed E-state index contributed by atoms with van der Waals surface area (Å²) in [7, 11) is 2.19. The third kappa shape index (κ3) is 3.72. The Hall–Kier alpha value is -2.64. The molecule has 4 heteroatoms. The fraction of sp³-hybridized carbons (Fsp3) is 0.0952. The number of rotatable bonds is 5. The van der Waals surface area contributed by atoms with Crippen molar-refractivity contribution in [1.29, 1.82) is 0 Å². The van der Waals surface area contributed by atoms with Gasteiger partial charge in [0.05, 0.1) is 19.8 Å². The van der Waals surface area contributed by atoms with E-state index in [2.05, 4.69) is 24.3 Å². The van der Waals surface area contributed by atoms with Gasteiger partial charge in [-0.15, -0.1) is 0 Å². The zero-order valence-electron chi connectivity index (χ0n) is 14.2. The molecular formula is C21H19O3P. The summed E-state index contributed by atoms with van der Waals surface area (Å²) in [4.78, 5) is 12.3. The highest BCUT2D eigenvalue weighted by Crippen LogP contribution is 2.34. The van der Waals surface area contributed by atoms with Crippen LogP contribution in [-0.4, -0.2) is 20.2 Å². The van der Waals surface area contributed by atoms with Crippen LogP contribution in [0.15, 0.2) is 78.9 Å². The lowest BCUT2D eigenvalue weighted by atomic mass is 10.2. The predicted octanol–water partition coefficient (Wildman–Crippen LogP) is 3.24. The van der Waals surface area contributed by atoms with Crippen molar-refractivity contribution in [2.45, 2.75) is 0 Å². The van der Waals surface area contributed by atoms with Gasteiger partial charge < -0.3 is 9.47 Å². The van der Waals surface area contributed by atoms with Gasteiger partial charge in [-0.1, -0.05) is 60.7 Å². The molecule has 0 amide bonds. The van der Waals surface area contributed by atoms with Gasteiger partial charge in [0.15, 0.2) is 0 Å². The van der Waals surface area contributed by atoms with E-state index in [-0.39, 0.29) is 5.97 Å². The normalized spacial score (nSPS) is 11.6. The molecular weight excluding hydrogens is 331 g/mol. The van der Waals surface area contributed by atoms with Crippen molar-refractivity contribution in [3.05, 3.63) is 84.4 Å². The zero-order chi connectivity index (χ0) is 17.6. The maximum Gasteiger partial charge on any atom is 0.338 e. The van der Waals surface area contributed by atoms with Crippen LogP contribution in [0.2, 0.25) is 0 Å². The number of benzene rings is 3. The number of hydrogen-bond donors (Lipinski definition) is 0. The molecule has 3 aromatic carbocycles. The minimum Gasteiger partial charge on any atom is -0.497 e. The molecule has 0 saturated carbocycles. The molecule has 3 nitrogen and oxygen atoms in total. The van der Waals surface area contributed by atoms with Crippen LogP contribution >= 0.6 is 7.92 Å². The Morgan fingerprint density at radius 3 is 2.00 bits per heavy atom. The highest BCUT2D eigenvalue weighted by Gasteiger charge is 2.22. The molecule has 0 aliphatic rings. The standard InChI is InChI=1S/C21H19O3P/c1-23-16-12-14-18(15-13-16)25(17-8-4-3-5-9-17)20-11-7-6-10-19(20)21(22)24-2/h3-15H,1-2H3. The Morgan fingerprint density at radius 2 is 1.36 bits per heavy atom. The SMILES string of the molecule is COC(=O)c1ccccc1P(c1ccccc1)c1ccc(OC)cc1. The van der Waals surface area contributed by atoms with Gasteiger partial charge in [-0.2, -0.15) is 0 Å². The van der Waals surface area contributed by atoms with Crippen molar-refractivity contribution in [3.8, 4) is 5.75 Å². The van der Waals surface area contributed by atoms with Crippen molar-refractivity contribution >= 4 is 29.8 Å². The molecule has 1 unspecified atom stereocenters. The lowest BCUT2D eigenvalue weighted by Gasteiger charge is -2.21. The molecule has 126 valence electrons. The van der Waals surface area contributed by atoms with Crippen LogP contribution in [0.1, 0.15) is 10.4 Å². The quantitative estimate of drug-likeness (QED) is 0.523. The Labute approximate surface area is 149 Å². The Bertz CT molecular complexity index is 845. The van der Waals surface area contributed by atoms with Gasteiger partial charge in [0.2, 0.25) is 0 Å². The molecule has 0 heterocycles. The van der Waals surface area contributed by atoms with E-state index in [1.807, 2.05) is 54.6 Å². The van der Waals surface area contributed by atoms with Gasteiger partial charge in [0.1, 0.15) is 5.75 Å². The maximum absolute atomic E-state index is 12.3. The first-order valence-electron chi connectivity index (χ1n) is 7.91. The number of esters is 1. The first-order valence-corrected chi connectivity index (χ1v) is 9.25. The number of ether oxygens (including phenoxy) is 2. The van der Waals surface area contributed by atoms with Crippen molar-refractivity contribution in [2.24, 2.45) is 0 Å². The molecule has 0 spiro atoms. The molecule has 0 aromatic heterocycles. The minimum absolute atomic E-state index is 0.312. The molecule has 0 bridgehead atoms. The summed E-state index contributed by atoms with van der Waals surface area (Å²) in [6, 6.07) is 25.9. The monoisotopic (exact) mass is 350 g/mol. The van der Waals surface area contributed by atoms with E-state index in [1.165, 1.54) is 12.4 Å². The van der Waals surface area contributed by atoms with E-state index in [0.29, 0.717) is 5.56 Å². The lowest BCUT2D eigenvalue weighted by molar-refractivity contribution is 0.0602. The van der Waals surface area contributed by atoms with Gasteiger partial charge >= 0.3 is 5.97 Å². The van der Waals surface area contributed by atoms with E-state index in [4.69, 9.17) is 9.47 Å². The molecule has 3 rings (SSSR count). The summed E-state index contributed by atoms with van der Waals surface area (Å²) in [5, 5.41) is 3.32. The van der Waals surface area contributed by atoms with Crippen molar-refractivity contribution < 1.29 is 14.3 Å². The summed E-state index contributed by atoms with van der Waals surface area (Å²) < 4.78 is 10.3. The van der Waals surface area contributed by atoms with Gasteiger partial charge in [-0.05, 0) is 42.0 Å². The van der Waals surface area contributed by atoms with Crippen LogP contribution in [0.25, 0.3) is 0 Å². The van der Waals surface area contributed by atoms with Gasteiger partial charge in [-0.3, -0.25) is 0 Å². The fourth-order valence-electron chi connectivity index (χ4n) is 2.69. The van der Waals surface area contributed by atoms with E-state index < -0.39 is 7.92 Å². The highest BCUT2D eigenvalue weighted by molar-refractivity contribution is 7.80. The molecule has 0 aliphatic heterocycles. The van der Waals surface area contributed by atoms with E-state index in [1.54, 1.807) is 7.11 Å². The van der Waals surface area contributed by atoms with Gasteiger partial charge in [0, 0.05) is 0 Å². The van der Waals surface area contributed by atoms with Crippen LogP contribution in [0.5, 0.6) is 5.75 Å². The second kappa shape index (κ2) is 7.96.